The Balaban J connectivity index is 2.16. The first-order valence-electron chi connectivity index (χ1n) is 10.3. The van der Waals surface area contributed by atoms with Gasteiger partial charge in [0.1, 0.15) is 11.5 Å². The van der Waals surface area contributed by atoms with Crippen molar-refractivity contribution in [1.82, 2.24) is 4.90 Å². The van der Waals surface area contributed by atoms with Crippen LogP contribution in [0.3, 0.4) is 0 Å². The summed E-state index contributed by atoms with van der Waals surface area (Å²) >= 11 is 0. The monoisotopic (exact) mass is 423 g/mol. The second-order valence-corrected chi connectivity index (χ2v) is 7.99. The number of aryl methyl sites for hydroxylation is 1. The van der Waals surface area contributed by atoms with Gasteiger partial charge in [0.2, 0.25) is 0 Å². The summed E-state index contributed by atoms with van der Waals surface area (Å²) < 4.78 is 10.4. The van der Waals surface area contributed by atoms with Crippen molar-refractivity contribution in [3.05, 3.63) is 70.3 Å². The van der Waals surface area contributed by atoms with Crippen molar-refractivity contribution in [1.29, 1.82) is 0 Å². The number of ether oxygens (including phenoxy) is 2. The Kier molecular flexibility index (Phi) is 6.81. The summed E-state index contributed by atoms with van der Waals surface area (Å²) in [5.41, 5.74) is 3.26. The number of aliphatic hydroxyl groups is 1. The molecule has 0 aliphatic carbocycles. The molecule has 1 amide bonds. The number of rotatable bonds is 7. The van der Waals surface area contributed by atoms with Crippen LogP contribution in [-0.2, 0) is 14.3 Å². The van der Waals surface area contributed by atoms with Gasteiger partial charge in [0.05, 0.1) is 25.3 Å². The second kappa shape index (κ2) is 9.35. The van der Waals surface area contributed by atoms with E-state index < -0.39 is 17.7 Å². The van der Waals surface area contributed by atoms with Crippen molar-refractivity contribution in [3.8, 4) is 5.75 Å². The maximum Gasteiger partial charge on any atom is 0.295 e. The van der Waals surface area contributed by atoms with Crippen LogP contribution < -0.4 is 4.74 Å². The van der Waals surface area contributed by atoms with E-state index in [4.69, 9.17) is 9.47 Å². The number of likely N-dealkylation sites (tertiary alicyclic amines) is 1. The predicted molar refractivity (Wildman–Crippen MR) is 119 cm³/mol. The Labute approximate surface area is 183 Å². The summed E-state index contributed by atoms with van der Waals surface area (Å²) in [5.74, 6) is -0.507. The first-order chi connectivity index (χ1) is 14.8. The minimum atomic E-state index is -0.693. The molecule has 1 saturated heterocycles. The standard InChI is InChI=1S/C25H29NO5/c1-15(2)17-6-8-18(9-7-17)22-21(24(28)25(29)26(22)12-13-30-4)23(27)20-11-10-19(31-5)14-16(20)3/h6-11,14-15,22,27H,12-13H2,1-5H3/b23-21-. The number of amides is 1. The molecule has 1 heterocycles. The number of Topliss-reactive ketones (excluding diaryl/α,β-unsaturated/α-hetero) is 1. The highest BCUT2D eigenvalue weighted by atomic mass is 16.5. The van der Waals surface area contributed by atoms with E-state index in [1.165, 1.54) is 4.90 Å². The summed E-state index contributed by atoms with van der Waals surface area (Å²) in [5, 5.41) is 11.2. The maximum atomic E-state index is 13.0. The van der Waals surface area contributed by atoms with Crippen molar-refractivity contribution >= 4 is 17.4 Å². The van der Waals surface area contributed by atoms with Crippen LogP contribution in [-0.4, -0.2) is 49.1 Å². The van der Waals surface area contributed by atoms with Gasteiger partial charge in [-0.1, -0.05) is 38.1 Å². The largest absolute Gasteiger partial charge is 0.507 e. The zero-order valence-electron chi connectivity index (χ0n) is 18.6. The molecule has 0 radical (unpaired) electrons. The molecule has 6 heteroatoms. The second-order valence-electron chi connectivity index (χ2n) is 7.99. The van der Waals surface area contributed by atoms with Crippen molar-refractivity contribution in [2.45, 2.75) is 32.7 Å². The Bertz CT molecular complexity index is 1010. The van der Waals surface area contributed by atoms with E-state index in [-0.39, 0.29) is 24.5 Å². The Morgan fingerprint density at radius 3 is 2.32 bits per heavy atom. The minimum Gasteiger partial charge on any atom is -0.507 e. The zero-order valence-corrected chi connectivity index (χ0v) is 18.6. The zero-order chi connectivity index (χ0) is 22.7. The Hall–Kier alpha value is -3.12. The van der Waals surface area contributed by atoms with Gasteiger partial charge in [0.15, 0.2) is 0 Å². The predicted octanol–water partition coefficient (Wildman–Crippen LogP) is 4.20. The number of hydrogen-bond acceptors (Lipinski definition) is 5. The highest BCUT2D eigenvalue weighted by Crippen LogP contribution is 2.40. The van der Waals surface area contributed by atoms with Gasteiger partial charge in [0, 0.05) is 19.2 Å². The lowest BCUT2D eigenvalue weighted by atomic mass is 9.92. The molecule has 1 unspecified atom stereocenters. The third kappa shape index (κ3) is 4.35. The molecular weight excluding hydrogens is 394 g/mol. The first-order valence-corrected chi connectivity index (χ1v) is 10.3. The quantitative estimate of drug-likeness (QED) is 0.410. The van der Waals surface area contributed by atoms with Crippen molar-refractivity contribution in [3.63, 3.8) is 0 Å². The fraction of sp³-hybridized carbons (Fsp3) is 0.360. The van der Waals surface area contributed by atoms with Crippen molar-refractivity contribution < 1.29 is 24.2 Å². The van der Waals surface area contributed by atoms with Gasteiger partial charge in [-0.05, 0) is 47.7 Å². The fourth-order valence-corrected chi connectivity index (χ4v) is 3.88. The lowest BCUT2D eigenvalue weighted by Gasteiger charge is -2.25. The van der Waals surface area contributed by atoms with Crippen LogP contribution in [0.1, 0.15) is 48.1 Å². The molecule has 2 aromatic carbocycles. The highest BCUT2D eigenvalue weighted by Gasteiger charge is 2.46. The molecule has 1 aliphatic heterocycles. The maximum absolute atomic E-state index is 13.0. The van der Waals surface area contributed by atoms with Crippen LogP contribution in [0.5, 0.6) is 5.75 Å². The normalized spacial score (nSPS) is 18.1. The SMILES string of the molecule is COCCN1C(=O)C(=O)/C(=C(\O)c2ccc(OC)cc2C)C1c1ccc(C(C)C)cc1. The summed E-state index contributed by atoms with van der Waals surface area (Å²) in [6, 6.07) is 12.3. The number of aliphatic hydroxyl groups excluding tert-OH is 1. The fourth-order valence-electron chi connectivity index (χ4n) is 3.88. The third-order valence-corrected chi connectivity index (χ3v) is 5.68. The molecule has 0 bridgehead atoms. The van der Waals surface area contributed by atoms with Gasteiger partial charge in [-0.2, -0.15) is 0 Å². The van der Waals surface area contributed by atoms with Crippen molar-refractivity contribution in [2.24, 2.45) is 0 Å². The third-order valence-electron chi connectivity index (χ3n) is 5.68. The smallest absolute Gasteiger partial charge is 0.295 e. The van der Waals surface area contributed by atoms with E-state index in [1.54, 1.807) is 32.4 Å². The summed E-state index contributed by atoms with van der Waals surface area (Å²) in [6.07, 6.45) is 0. The topological polar surface area (TPSA) is 76.1 Å². The van der Waals surface area contributed by atoms with Crippen LogP contribution in [0.15, 0.2) is 48.0 Å². The van der Waals surface area contributed by atoms with Gasteiger partial charge in [-0.15, -0.1) is 0 Å². The number of hydrogen-bond donors (Lipinski definition) is 1. The molecule has 164 valence electrons. The highest BCUT2D eigenvalue weighted by molar-refractivity contribution is 6.46. The summed E-state index contributed by atoms with van der Waals surface area (Å²) in [6.45, 7) is 6.56. The molecule has 31 heavy (non-hydrogen) atoms. The number of carbonyl (C=O) groups excluding carboxylic acids is 2. The van der Waals surface area contributed by atoms with Crippen LogP contribution in [0.2, 0.25) is 0 Å². The number of benzene rings is 2. The lowest BCUT2D eigenvalue weighted by Crippen LogP contribution is -2.32. The van der Waals surface area contributed by atoms with Gasteiger partial charge in [-0.25, -0.2) is 0 Å². The average molecular weight is 424 g/mol. The molecule has 6 nitrogen and oxygen atoms in total. The molecule has 1 fully saturated rings. The lowest BCUT2D eigenvalue weighted by molar-refractivity contribution is -0.140. The molecule has 0 saturated carbocycles. The van der Waals surface area contributed by atoms with Crippen LogP contribution in [0, 0.1) is 6.92 Å². The van der Waals surface area contributed by atoms with E-state index in [9.17, 15) is 14.7 Å². The molecule has 1 atom stereocenters. The van der Waals surface area contributed by atoms with E-state index >= 15 is 0 Å². The van der Waals surface area contributed by atoms with Crippen LogP contribution >= 0.6 is 0 Å². The molecule has 0 aromatic heterocycles. The van der Waals surface area contributed by atoms with Gasteiger partial charge in [0.25, 0.3) is 11.7 Å². The van der Waals surface area contributed by atoms with E-state index in [0.717, 1.165) is 16.7 Å². The first kappa shape index (κ1) is 22.6. The van der Waals surface area contributed by atoms with Crippen LogP contribution in [0.4, 0.5) is 0 Å². The molecule has 3 rings (SSSR count). The number of nitrogens with zero attached hydrogens (tertiary/aromatic N) is 1. The average Bonchev–Trinajstić information content (AvgIpc) is 3.01. The summed E-state index contributed by atoms with van der Waals surface area (Å²) in [7, 11) is 3.11. The molecule has 1 aliphatic rings. The van der Waals surface area contributed by atoms with Crippen LogP contribution in [0.25, 0.3) is 5.76 Å². The molecular formula is C25H29NO5. The van der Waals surface area contributed by atoms with Crippen molar-refractivity contribution in [2.75, 3.05) is 27.4 Å². The molecule has 0 spiro atoms. The molecule has 2 aromatic rings. The Morgan fingerprint density at radius 2 is 1.77 bits per heavy atom. The Morgan fingerprint density at radius 1 is 1.10 bits per heavy atom. The molecule has 1 N–H and O–H groups in total. The summed E-state index contributed by atoms with van der Waals surface area (Å²) in [4.78, 5) is 27.3. The van der Waals surface area contributed by atoms with Gasteiger partial charge < -0.3 is 19.5 Å². The van der Waals surface area contributed by atoms with Gasteiger partial charge >= 0.3 is 0 Å². The van der Waals surface area contributed by atoms with E-state index in [2.05, 4.69) is 13.8 Å². The van der Waals surface area contributed by atoms with Gasteiger partial charge in [-0.3, -0.25) is 9.59 Å². The number of carbonyl (C=O) groups is 2. The number of ketones is 1. The minimum absolute atomic E-state index is 0.0895. The van der Waals surface area contributed by atoms with E-state index in [1.807, 2.05) is 31.2 Å². The van der Waals surface area contributed by atoms with E-state index in [0.29, 0.717) is 17.2 Å². The number of methoxy groups -OCH3 is 2.